The monoisotopic (exact) mass is 497 g/mol. The number of methoxy groups -OCH3 is 1. The van der Waals surface area contributed by atoms with Gasteiger partial charge in [-0.2, -0.15) is 13.2 Å². The van der Waals surface area contributed by atoms with Crippen LogP contribution in [0.1, 0.15) is 52.2 Å². The fraction of sp³-hybridized carbons (Fsp3) is 0.357. The first-order valence-electron chi connectivity index (χ1n) is 11.6. The molecule has 0 fully saturated rings. The number of ether oxygens (including phenoxy) is 1. The van der Waals surface area contributed by atoms with E-state index in [4.69, 9.17) is 4.74 Å². The molecule has 4 aromatic rings. The van der Waals surface area contributed by atoms with Crippen molar-refractivity contribution in [2.24, 2.45) is 5.41 Å². The average Bonchev–Trinajstić information content (AvgIpc) is 3.20. The second-order valence-electron chi connectivity index (χ2n) is 10.9. The molecule has 0 aliphatic rings. The largest absolute Gasteiger partial charge is 0.505 e. The normalized spacial score (nSPS) is 12.8. The molecule has 8 heteroatoms. The molecule has 0 unspecified atom stereocenters. The van der Waals surface area contributed by atoms with Gasteiger partial charge in [-0.1, -0.05) is 46.8 Å². The minimum Gasteiger partial charge on any atom is -0.505 e. The van der Waals surface area contributed by atoms with Crippen LogP contribution in [0.5, 0.6) is 11.5 Å². The van der Waals surface area contributed by atoms with Gasteiger partial charge in [-0.25, -0.2) is 0 Å². The van der Waals surface area contributed by atoms with E-state index in [1.165, 1.54) is 10.9 Å². The quantitative estimate of drug-likeness (QED) is 0.310. The number of phenols is 1. The summed E-state index contributed by atoms with van der Waals surface area (Å²) in [5, 5.41) is 20.0. The first-order chi connectivity index (χ1) is 16.7. The smallest absolute Gasteiger partial charge is 0.416 e. The van der Waals surface area contributed by atoms with Crippen LogP contribution in [-0.4, -0.2) is 27.2 Å². The van der Waals surface area contributed by atoms with Gasteiger partial charge in [0, 0.05) is 5.56 Å². The zero-order valence-corrected chi connectivity index (χ0v) is 21.2. The third-order valence-corrected chi connectivity index (χ3v) is 6.17. The Morgan fingerprint density at radius 3 is 2.06 bits per heavy atom. The lowest BCUT2D eigenvalue weighted by atomic mass is 9.72. The maximum Gasteiger partial charge on any atom is 0.416 e. The number of aromatic hydroxyl groups is 1. The number of alkyl halides is 3. The topological polar surface area (TPSA) is 60.2 Å². The SMILES string of the molecule is COc1ccc(-c2cc(C(C)(C)CC(C)(C)C)cc(-n3nc4ccc(C(F)(F)F)cc4n3)c2O)cc1. The van der Waals surface area contributed by atoms with Crippen LogP contribution in [-0.2, 0) is 11.6 Å². The molecule has 0 atom stereocenters. The van der Waals surface area contributed by atoms with E-state index < -0.39 is 11.7 Å². The molecular formula is C28H30F3N3O2. The minimum atomic E-state index is -4.49. The van der Waals surface area contributed by atoms with Crippen LogP contribution < -0.4 is 4.74 Å². The molecule has 0 radical (unpaired) electrons. The summed E-state index contributed by atoms with van der Waals surface area (Å²) in [6.45, 7) is 10.8. The average molecular weight is 498 g/mol. The molecule has 4 rings (SSSR count). The lowest BCUT2D eigenvalue weighted by Crippen LogP contribution is -2.25. The molecule has 3 aromatic carbocycles. The fourth-order valence-electron chi connectivity index (χ4n) is 4.78. The van der Waals surface area contributed by atoms with Crippen LogP contribution in [0.4, 0.5) is 13.2 Å². The van der Waals surface area contributed by atoms with Crippen molar-refractivity contribution in [1.29, 1.82) is 0 Å². The highest BCUT2D eigenvalue weighted by molar-refractivity contribution is 5.78. The zero-order chi connectivity index (χ0) is 26.5. The van der Waals surface area contributed by atoms with Gasteiger partial charge in [-0.05, 0) is 70.8 Å². The van der Waals surface area contributed by atoms with Crippen molar-refractivity contribution >= 4 is 11.0 Å². The number of benzene rings is 3. The number of hydrogen-bond acceptors (Lipinski definition) is 4. The number of halogens is 3. The van der Waals surface area contributed by atoms with E-state index in [-0.39, 0.29) is 22.1 Å². The van der Waals surface area contributed by atoms with Crippen molar-refractivity contribution in [1.82, 2.24) is 15.0 Å². The molecular weight excluding hydrogens is 467 g/mol. The van der Waals surface area contributed by atoms with Crippen molar-refractivity contribution < 1.29 is 23.0 Å². The molecule has 0 saturated carbocycles. The molecule has 0 bridgehead atoms. The van der Waals surface area contributed by atoms with Crippen LogP contribution in [0.15, 0.2) is 54.6 Å². The second kappa shape index (κ2) is 8.84. The molecule has 1 heterocycles. The standard InChI is InChI=1S/C28H30F3N3O2/c1-26(2,3)16-27(4,5)19-13-21(17-7-10-20(36-6)11-8-17)25(35)24(15-19)34-32-22-12-9-18(28(29,30)31)14-23(22)33-34/h7-15,35H,16H2,1-6H3. The van der Waals surface area contributed by atoms with Gasteiger partial charge >= 0.3 is 6.18 Å². The summed E-state index contributed by atoms with van der Waals surface area (Å²) in [5.74, 6) is 0.620. The predicted octanol–water partition coefficient (Wildman–Crippen LogP) is 7.53. The van der Waals surface area contributed by atoms with Crippen molar-refractivity contribution in [3.8, 4) is 28.3 Å². The van der Waals surface area contributed by atoms with Gasteiger partial charge < -0.3 is 9.84 Å². The van der Waals surface area contributed by atoms with E-state index in [1.807, 2.05) is 24.3 Å². The van der Waals surface area contributed by atoms with Crippen LogP contribution in [0.3, 0.4) is 0 Å². The third kappa shape index (κ3) is 5.17. The Balaban J connectivity index is 1.92. The highest BCUT2D eigenvalue weighted by atomic mass is 19.4. The summed E-state index contributed by atoms with van der Waals surface area (Å²) in [4.78, 5) is 1.21. The highest BCUT2D eigenvalue weighted by Crippen LogP contribution is 2.43. The summed E-state index contributed by atoms with van der Waals surface area (Å²) in [6, 6.07) is 14.3. The van der Waals surface area contributed by atoms with E-state index in [0.29, 0.717) is 22.5 Å². The van der Waals surface area contributed by atoms with Gasteiger partial charge in [0.15, 0.2) is 5.75 Å². The first kappa shape index (κ1) is 25.5. The number of rotatable bonds is 5. The fourth-order valence-corrected chi connectivity index (χ4v) is 4.78. The summed E-state index contributed by atoms with van der Waals surface area (Å²) in [7, 11) is 1.58. The molecule has 0 aliphatic heterocycles. The lowest BCUT2D eigenvalue weighted by Gasteiger charge is -2.33. The lowest BCUT2D eigenvalue weighted by molar-refractivity contribution is -0.137. The molecule has 5 nitrogen and oxygen atoms in total. The van der Waals surface area contributed by atoms with Crippen LogP contribution in [0.25, 0.3) is 27.8 Å². The number of hydrogen-bond donors (Lipinski definition) is 1. The Hall–Kier alpha value is -3.55. The van der Waals surface area contributed by atoms with E-state index in [9.17, 15) is 18.3 Å². The zero-order valence-electron chi connectivity index (χ0n) is 21.2. The van der Waals surface area contributed by atoms with Crippen LogP contribution in [0, 0.1) is 5.41 Å². The Bertz CT molecular complexity index is 1400. The molecule has 1 aromatic heterocycles. The molecule has 0 aliphatic carbocycles. The van der Waals surface area contributed by atoms with Crippen LogP contribution in [0.2, 0.25) is 0 Å². The predicted molar refractivity (Wildman–Crippen MR) is 135 cm³/mol. The Labute approximate surface area is 208 Å². The highest BCUT2D eigenvalue weighted by Gasteiger charge is 2.32. The number of fused-ring (bicyclic) bond motifs is 1. The summed E-state index contributed by atoms with van der Waals surface area (Å²) >= 11 is 0. The number of phenolic OH excluding ortho intramolecular Hbond substituents is 1. The summed E-state index contributed by atoms with van der Waals surface area (Å²) in [5.41, 5.74) is 1.93. The maximum absolute atomic E-state index is 13.2. The Kier molecular flexibility index (Phi) is 6.27. The maximum atomic E-state index is 13.2. The van der Waals surface area contributed by atoms with Crippen molar-refractivity contribution in [2.75, 3.05) is 7.11 Å². The van der Waals surface area contributed by atoms with E-state index >= 15 is 0 Å². The van der Waals surface area contributed by atoms with Gasteiger partial charge in [0.1, 0.15) is 22.5 Å². The van der Waals surface area contributed by atoms with Crippen molar-refractivity contribution in [3.63, 3.8) is 0 Å². The summed E-state index contributed by atoms with van der Waals surface area (Å²) in [6.07, 6.45) is -3.63. The Morgan fingerprint density at radius 1 is 0.833 bits per heavy atom. The van der Waals surface area contributed by atoms with Gasteiger partial charge in [0.25, 0.3) is 0 Å². The van der Waals surface area contributed by atoms with Crippen molar-refractivity contribution in [2.45, 2.75) is 52.6 Å². The first-order valence-corrected chi connectivity index (χ1v) is 11.6. The molecule has 0 amide bonds. The molecule has 36 heavy (non-hydrogen) atoms. The van der Waals surface area contributed by atoms with Gasteiger partial charge in [-0.15, -0.1) is 15.0 Å². The Morgan fingerprint density at radius 2 is 1.47 bits per heavy atom. The minimum absolute atomic E-state index is 0.0362. The number of nitrogens with zero attached hydrogens (tertiary/aromatic N) is 3. The second-order valence-corrected chi connectivity index (χ2v) is 10.9. The van der Waals surface area contributed by atoms with Gasteiger partial charge in [0.2, 0.25) is 0 Å². The summed E-state index contributed by atoms with van der Waals surface area (Å²) < 4.78 is 44.9. The van der Waals surface area contributed by atoms with E-state index in [0.717, 1.165) is 29.7 Å². The molecule has 0 saturated heterocycles. The third-order valence-electron chi connectivity index (χ3n) is 6.17. The molecule has 1 N–H and O–H groups in total. The van der Waals surface area contributed by atoms with E-state index in [1.54, 1.807) is 19.2 Å². The number of aromatic nitrogens is 3. The van der Waals surface area contributed by atoms with E-state index in [2.05, 4.69) is 44.8 Å². The molecule has 0 spiro atoms. The van der Waals surface area contributed by atoms with Crippen molar-refractivity contribution in [3.05, 3.63) is 65.7 Å². The van der Waals surface area contributed by atoms with Gasteiger partial charge in [0.05, 0.1) is 12.7 Å². The van der Waals surface area contributed by atoms with Gasteiger partial charge in [-0.3, -0.25) is 0 Å². The molecule has 190 valence electrons. The van der Waals surface area contributed by atoms with Crippen LogP contribution >= 0.6 is 0 Å².